The lowest BCUT2D eigenvalue weighted by Crippen LogP contribution is -2.33. The molecule has 3 rings (SSSR count). The molecule has 0 aliphatic rings. The van der Waals surface area contributed by atoms with Crippen LogP contribution in [0.2, 0.25) is 0 Å². The van der Waals surface area contributed by atoms with Gasteiger partial charge in [0.25, 0.3) is 0 Å². The average molecular weight is 433 g/mol. The summed E-state index contributed by atoms with van der Waals surface area (Å²) in [6, 6.07) is 15.3. The SMILES string of the molecule is CCCn1cnc(CN(CC(=O)Nc2ccc(C(C)C)cc2)c2cccc(C(=N)N)c2)c1. The van der Waals surface area contributed by atoms with Crippen molar-refractivity contribution in [3.63, 3.8) is 0 Å². The van der Waals surface area contributed by atoms with Gasteiger partial charge in [0.1, 0.15) is 5.84 Å². The van der Waals surface area contributed by atoms with Crippen LogP contribution in [0.4, 0.5) is 11.4 Å². The Balaban J connectivity index is 1.78. The zero-order chi connectivity index (χ0) is 23.1. The third-order valence-electron chi connectivity index (χ3n) is 5.24. The number of nitrogens with zero attached hydrogens (tertiary/aromatic N) is 3. The lowest BCUT2D eigenvalue weighted by Gasteiger charge is -2.24. The quantitative estimate of drug-likeness (QED) is 0.328. The largest absolute Gasteiger partial charge is 0.384 e. The van der Waals surface area contributed by atoms with Gasteiger partial charge in [-0.1, -0.05) is 45.0 Å². The van der Waals surface area contributed by atoms with Gasteiger partial charge in [-0.15, -0.1) is 0 Å². The van der Waals surface area contributed by atoms with Gasteiger partial charge in [0, 0.05) is 29.7 Å². The Hall–Kier alpha value is -3.61. The highest BCUT2D eigenvalue weighted by Gasteiger charge is 2.15. The molecule has 7 heteroatoms. The van der Waals surface area contributed by atoms with E-state index >= 15 is 0 Å². The maximum absolute atomic E-state index is 12.9. The predicted molar refractivity (Wildman–Crippen MR) is 130 cm³/mol. The second-order valence-electron chi connectivity index (χ2n) is 8.25. The van der Waals surface area contributed by atoms with Crippen molar-refractivity contribution in [2.24, 2.45) is 5.73 Å². The van der Waals surface area contributed by atoms with Gasteiger partial charge in [-0.05, 0) is 42.2 Å². The number of benzene rings is 2. The summed E-state index contributed by atoms with van der Waals surface area (Å²) in [4.78, 5) is 19.3. The van der Waals surface area contributed by atoms with Gasteiger partial charge >= 0.3 is 0 Å². The summed E-state index contributed by atoms with van der Waals surface area (Å²) in [6.45, 7) is 7.92. The summed E-state index contributed by atoms with van der Waals surface area (Å²) >= 11 is 0. The number of carbonyl (C=O) groups excluding carboxylic acids is 1. The van der Waals surface area contributed by atoms with E-state index in [1.807, 2.05) is 59.9 Å². The Morgan fingerprint density at radius 3 is 2.62 bits per heavy atom. The Bertz CT molecular complexity index is 1050. The third kappa shape index (κ3) is 6.20. The molecule has 0 fully saturated rings. The van der Waals surface area contributed by atoms with Crippen LogP contribution in [-0.4, -0.2) is 27.8 Å². The molecule has 1 heterocycles. The zero-order valence-electron chi connectivity index (χ0n) is 19.0. The molecule has 168 valence electrons. The third-order valence-corrected chi connectivity index (χ3v) is 5.24. The topological polar surface area (TPSA) is 100 Å². The number of amidine groups is 1. The van der Waals surface area contributed by atoms with Crippen LogP contribution in [0.25, 0.3) is 0 Å². The molecule has 0 bridgehead atoms. The van der Waals surface area contributed by atoms with Crippen molar-refractivity contribution < 1.29 is 4.79 Å². The number of rotatable bonds is 10. The first-order chi connectivity index (χ1) is 15.4. The van der Waals surface area contributed by atoms with Crippen LogP contribution >= 0.6 is 0 Å². The first-order valence-corrected chi connectivity index (χ1v) is 11.0. The number of amides is 1. The molecule has 2 aromatic carbocycles. The van der Waals surface area contributed by atoms with E-state index in [-0.39, 0.29) is 18.3 Å². The summed E-state index contributed by atoms with van der Waals surface area (Å²) in [5, 5.41) is 10.7. The van der Waals surface area contributed by atoms with Gasteiger partial charge in [0.15, 0.2) is 0 Å². The molecule has 32 heavy (non-hydrogen) atoms. The normalized spacial score (nSPS) is 10.9. The van der Waals surface area contributed by atoms with Crippen molar-refractivity contribution in [1.82, 2.24) is 9.55 Å². The van der Waals surface area contributed by atoms with Crippen molar-refractivity contribution >= 4 is 23.1 Å². The number of hydrogen-bond acceptors (Lipinski definition) is 4. The van der Waals surface area contributed by atoms with E-state index in [0.717, 1.165) is 30.0 Å². The van der Waals surface area contributed by atoms with Crippen molar-refractivity contribution in [2.45, 2.75) is 46.2 Å². The van der Waals surface area contributed by atoms with E-state index in [4.69, 9.17) is 11.1 Å². The minimum absolute atomic E-state index is 0.00582. The zero-order valence-corrected chi connectivity index (χ0v) is 19.0. The van der Waals surface area contributed by atoms with Gasteiger partial charge < -0.3 is 20.5 Å². The molecule has 0 unspecified atom stereocenters. The lowest BCUT2D eigenvalue weighted by atomic mass is 10.0. The molecule has 4 N–H and O–H groups in total. The van der Waals surface area contributed by atoms with E-state index in [9.17, 15) is 4.79 Å². The minimum atomic E-state index is -0.122. The number of nitrogens with two attached hydrogens (primary N) is 1. The van der Waals surface area contributed by atoms with Crippen LogP contribution in [-0.2, 0) is 17.9 Å². The molecular weight excluding hydrogens is 400 g/mol. The Morgan fingerprint density at radius 1 is 1.22 bits per heavy atom. The Labute approximate surface area is 189 Å². The van der Waals surface area contributed by atoms with Gasteiger partial charge in [0.2, 0.25) is 5.91 Å². The van der Waals surface area contributed by atoms with Crippen LogP contribution in [0, 0.1) is 5.41 Å². The van der Waals surface area contributed by atoms with Gasteiger partial charge in [-0.25, -0.2) is 4.98 Å². The van der Waals surface area contributed by atoms with Crippen molar-refractivity contribution in [3.8, 4) is 0 Å². The number of aromatic nitrogens is 2. The molecular formula is C25H32N6O. The summed E-state index contributed by atoms with van der Waals surface area (Å²) < 4.78 is 2.05. The smallest absolute Gasteiger partial charge is 0.243 e. The lowest BCUT2D eigenvalue weighted by molar-refractivity contribution is -0.115. The second kappa shape index (κ2) is 10.6. The number of imidazole rings is 1. The first kappa shape index (κ1) is 23.1. The number of hydrogen-bond donors (Lipinski definition) is 3. The van der Waals surface area contributed by atoms with Crippen LogP contribution < -0.4 is 16.0 Å². The standard InChI is InChI=1S/C25H32N6O/c1-4-12-30-14-22(28-17-30)15-31(23-7-5-6-20(13-23)25(26)27)16-24(32)29-21-10-8-19(9-11-21)18(2)3/h5-11,13-14,17-18H,4,12,15-16H2,1-3H3,(H3,26,27)(H,29,32). The monoisotopic (exact) mass is 432 g/mol. The fourth-order valence-corrected chi connectivity index (χ4v) is 3.50. The summed E-state index contributed by atoms with van der Waals surface area (Å²) in [5.41, 5.74) is 9.98. The van der Waals surface area contributed by atoms with Crippen molar-refractivity contribution in [2.75, 3.05) is 16.8 Å². The molecule has 0 spiro atoms. The van der Waals surface area contributed by atoms with Crippen molar-refractivity contribution in [3.05, 3.63) is 77.9 Å². The van der Waals surface area contributed by atoms with Gasteiger partial charge in [0.05, 0.1) is 25.1 Å². The maximum Gasteiger partial charge on any atom is 0.243 e. The molecule has 1 aromatic heterocycles. The number of nitrogen functional groups attached to an aromatic ring is 1. The van der Waals surface area contributed by atoms with Gasteiger partial charge in [-0.3, -0.25) is 10.2 Å². The first-order valence-electron chi connectivity index (χ1n) is 11.0. The fraction of sp³-hybridized carbons (Fsp3) is 0.320. The minimum Gasteiger partial charge on any atom is -0.384 e. The van der Waals surface area contributed by atoms with Crippen LogP contribution in [0.15, 0.2) is 61.1 Å². The maximum atomic E-state index is 12.9. The molecule has 0 aliphatic heterocycles. The number of nitrogens with one attached hydrogen (secondary N) is 2. The molecule has 0 saturated carbocycles. The summed E-state index contributed by atoms with van der Waals surface area (Å²) in [5.74, 6) is 0.313. The molecule has 0 radical (unpaired) electrons. The average Bonchev–Trinajstić information content (AvgIpc) is 3.21. The Morgan fingerprint density at radius 2 is 1.97 bits per heavy atom. The molecule has 7 nitrogen and oxygen atoms in total. The molecule has 1 amide bonds. The van der Waals surface area contributed by atoms with E-state index in [1.165, 1.54) is 5.56 Å². The van der Waals surface area contributed by atoms with Crippen molar-refractivity contribution in [1.29, 1.82) is 5.41 Å². The van der Waals surface area contributed by atoms with E-state index in [0.29, 0.717) is 18.0 Å². The highest BCUT2D eigenvalue weighted by Crippen LogP contribution is 2.20. The number of anilines is 2. The molecule has 0 saturated heterocycles. The van der Waals surface area contributed by atoms with E-state index in [2.05, 4.69) is 35.6 Å². The van der Waals surface area contributed by atoms with Crippen LogP contribution in [0.1, 0.15) is 49.9 Å². The molecule has 3 aromatic rings. The highest BCUT2D eigenvalue weighted by molar-refractivity contribution is 5.97. The Kier molecular flexibility index (Phi) is 7.65. The van der Waals surface area contributed by atoms with Crippen LogP contribution in [0.5, 0.6) is 0 Å². The summed E-state index contributed by atoms with van der Waals surface area (Å²) in [7, 11) is 0. The van der Waals surface area contributed by atoms with E-state index in [1.54, 1.807) is 6.07 Å². The van der Waals surface area contributed by atoms with E-state index < -0.39 is 0 Å². The summed E-state index contributed by atoms with van der Waals surface area (Å²) in [6.07, 6.45) is 4.85. The van der Waals surface area contributed by atoms with Crippen LogP contribution in [0.3, 0.4) is 0 Å². The molecule has 0 aliphatic carbocycles. The number of aryl methyl sites for hydroxylation is 1. The molecule has 0 atom stereocenters. The fourth-order valence-electron chi connectivity index (χ4n) is 3.50. The predicted octanol–water partition coefficient (Wildman–Crippen LogP) is 4.35. The number of carbonyl (C=O) groups is 1. The highest BCUT2D eigenvalue weighted by atomic mass is 16.2. The second-order valence-corrected chi connectivity index (χ2v) is 8.25. The van der Waals surface area contributed by atoms with Gasteiger partial charge in [-0.2, -0.15) is 0 Å².